The van der Waals surface area contributed by atoms with Crippen molar-refractivity contribution in [3.8, 4) is 5.75 Å². The first-order valence-corrected chi connectivity index (χ1v) is 5.81. The van der Waals surface area contributed by atoms with Gasteiger partial charge >= 0.3 is 5.97 Å². The van der Waals surface area contributed by atoms with E-state index in [1.54, 1.807) is 17.5 Å². The average Bonchev–Trinajstić information content (AvgIpc) is 2.73. The van der Waals surface area contributed by atoms with Crippen molar-refractivity contribution < 1.29 is 14.3 Å². The summed E-state index contributed by atoms with van der Waals surface area (Å²) in [6, 6.07) is 5.26. The van der Waals surface area contributed by atoms with Gasteiger partial charge in [0.25, 0.3) is 0 Å². The minimum atomic E-state index is -0.364. The van der Waals surface area contributed by atoms with E-state index < -0.39 is 0 Å². The zero-order valence-corrected chi connectivity index (χ0v) is 10.4. The summed E-state index contributed by atoms with van der Waals surface area (Å²) >= 11 is 1.49. The lowest BCUT2D eigenvalue weighted by Crippen LogP contribution is -2.00. The Morgan fingerprint density at radius 2 is 2.12 bits per heavy atom. The third-order valence-electron chi connectivity index (χ3n) is 1.96. The van der Waals surface area contributed by atoms with Gasteiger partial charge in [-0.2, -0.15) is 0 Å². The second kappa shape index (κ2) is 6.12. The van der Waals surface area contributed by atoms with Crippen LogP contribution < -0.4 is 10.5 Å². The summed E-state index contributed by atoms with van der Waals surface area (Å²) < 4.78 is 5.95. The van der Waals surface area contributed by atoms with Crippen LogP contribution >= 0.6 is 11.3 Å². The molecule has 0 unspecified atom stereocenters. The van der Waals surface area contributed by atoms with Crippen LogP contribution in [0.15, 0.2) is 23.6 Å². The number of nitrogens with two attached hydrogens (primary N) is 1. The van der Waals surface area contributed by atoms with Crippen molar-refractivity contribution in [1.29, 1.82) is 0 Å². The van der Waals surface area contributed by atoms with Crippen molar-refractivity contribution in [2.24, 2.45) is 5.73 Å². The molecule has 90 valence electrons. The maximum Gasteiger partial charge on any atom is 0.308 e. The summed E-state index contributed by atoms with van der Waals surface area (Å²) in [4.78, 5) is 21.5. The van der Waals surface area contributed by atoms with Gasteiger partial charge < -0.3 is 10.5 Å². The first kappa shape index (κ1) is 13.3. The third-order valence-corrected chi connectivity index (χ3v) is 2.95. The molecule has 0 radical (unpaired) electrons. The summed E-state index contributed by atoms with van der Waals surface area (Å²) in [6.45, 7) is 1.35. The van der Waals surface area contributed by atoms with Crippen LogP contribution in [0.4, 0.5) is 0 Å². The van der Waals surface area contributed by atoms with Gasteiger partial charge in [-0.25, -0.2) is 0 Å². The molecule has 1 aromatic carbocycles. The number of aldehydes is 1. The molecule has 0 spiro atoms. The minimum Gasteiger partial charge on any atom is -0.427 e. The number of benzene rings is 1. The van der Waals surface area contributed by atoms with Crippen LogP contribution in [0.3, 0.4) is 0 Å². The fourth-order valence-corrected chi connectivity index (χ4v) is 2.24. The van der Waals surface area contributed by atoms with E-state index in [0.29, 0.717) is 11.3 Å². The van der Waals surface area contributed by atoms with Crippen molar-refractivity contribution in [3.05, 3.63) is 29.1 Å². The number of hydrogen-bond acceptors (Lipinski definition) is 5. The number of carbonyl (C=O) groups is 2. The number of hydrogen-bond donors (Lipinski definition) is 1. The highest BCUT2D eigenvalue weighted by Gasteiger charge is 2.05. The molecule has 0 fully saturated rings. The lowest BCUT2D eigenvalue weighted by Gasteiger charge is -2.00. The number of carbonyl (C=O) groups excluding carboxylic acids is 2. The molecule has 2 rings (SSSR count). The van der Waals surface area contributed by atoms with Crippen molar-refractivity contribution in [3.63, 3.8) is 0 Å². The monoisotopic (exact) mass is 251 g/mol. The molecule has 0 atom stereocenters. The molecule has 17 heavy (non-hydrogen) atoms. The molecule has 0 aliphatic heterocycles. The van der Waals surface area contributed by atoms with Gasteiger partial charge in [-0.15, -0.1) is 11.3 Å². The number of thiophene rings is 1. The van der Waals surface area contributed by atoms with E-state index in [1.807, 2.05) is 6.07 Å². The van der Waals surface area contributed by atoms with Gasteiger partial charge in [0.1, 0.15) is 5.75 Å². The zero-order chi connectivity index (χ0) is 12.8. The summed E-state index contributed by atoms with van der Waals surface area (Å²) in [7, 11) is 1.50. The van der Waals surface area contributed by atoms with E-state index >= 15 is 0 Å². The second-order valence-electron chi connectivity index (χ2n) is 3.06. The molecule has 0 amide bonds. The molecule has 0 saturated carbocycles. The van der Waals surface area contributed by atoms with Gasteiger partial charge in [-0.3, -0.25) is 9.59 Å². The molecule has 0 aliphatic carbocycles. The highest BCUT2D eigenvalue weighted by Crippen LogP contribution is 2.28. The van der Waals surface area contributed by atoms with Crippen LogP contribution in [0.25, 0.3) is 10.1 Å². The summed E-state index contributed by atoms with van der Waals surface area (Å²) in [5.74, 6) is 0.105. The first-order valence-electron chi connectivity index (χ1n) is 4.93. The quantitative estimate of drug-likeness (QED) is 0.504. The molecular weight excluding hydrogens is 238 g/mol. The molecule has 4 nitrogen and oxygen atoms in total. The number of rotatable bonds is 2. The van der Waals surface area contributed by atoms with Gasteiger partial charge in [-0.1, -0.05) is 0 Å². The summed E-state index contributed by atoms with van der Waals surface area (Å²) in [5, 5.41) is 2.61. The Balaban J connectivity index is 0.000000686. The normalized spacial score (nSPS) is 9.35. The van der Waals surface area contributed by atoms with Gasteiger partial charge in [0, 0.05) is 28.0 Å². The van der Waals surface area contributed by atoms with E-state index in [9.17, 15) is 9.59 Å². The first-order chi connectivity index (χ1) is 8.20. The Morgan fingerprint density at radius 1 is 1.41 bits per heavy atom. The van der Waals surface area contributed by atoms with Gasteiger partial charge in [0.2, 0.25) is 0 Å². The third kappa shape index (κ3) is 3.12. The maximum absolute atomic E-state index is 10.8. The zero-order valence-electron chi connectivity index (χ0n) is 9.60. The lowest BCUT2D eigenvalue weighted by atomic mass is 10.2. The van der Waals surface area contributed by atoms with E-state index in [1.165, 1.54) is 25.3 Å². The van der Waals surface area contributed by atoms with Crippen molar-refractivity contribution in [2.45, 2.75) is 6.92 Å². The van der Waals surface area contributed by atoms with Gasteiger partial charge in [0.15, 0.2) is 6.29 Å². The number of ether oxygens (including phenoxy) is 1. The fourth-order valence-electron chi connectivity index (χ4n) is 1.35. The van der Waals surface area contributed by atoms with E-state index in [4.69, 9.17) is 4.74 Å². The topological polar surface area (TPSA) is 69.4 Å². The standard InChI is InChI=1S/C11H8O3S.CH5N/c1-7(13)14-9-2-3-11-10(4-9)8(5-12)6-15-11;1-2/h2-6H,1H3;2H2,1H3. The van der Waals surface area contributed by atoms with Crippen LogP contribution in [-0.4, -0.2) is 19.3 Å². The fraction of sp³-hybridized carbons (Fsp3) is 0.167. The Labute approximate surface area is 103 Å². The van der Waals surface area contributed by atoms with E-state index in [2.05, 4.69) is 5.73 Å². The largest absolute Gasteiger partial charge is 0.427 e. The van der Waals surface area contributed by atoms with Crippen LogP contribution in [0.1, 0.15) is 17.3 Å². The SMILES string of the molecule is CC(=O)Oc1ccc2scc(C=O)c2c1.CN. The predicted octanol–water partition coefficient (Wildman–Crippen LogP) is 2.21. The van der Waals surface area contributed by atoms with Crippen LogP contribution in [-0.2, 0) is 4.79 Å². The number of fused-ring (bicyclic) bond motifs is 1. The predicted molar refractivity (Wildman–Crippen MR) is 68.6 cm³/mol. The highest BCUT2D eigenvalue weighted by molar-refractivity contribution is 7.17. The van der Waals surface area contributed by atoms with E-state index in [-0.39, 0.29) is 5.97 Å². The molecule has 1 aromatic heterocycles. The van der Waals surface area contributed by atoms with E-state index in [0.717, 1.165) is 16.4 Å². The summed E-state index contributed by atoms with van der Waals surface area (Å²) in [5.41, 5.74) is 5.13. The van der Waals surface area contributed by atoms with Gasteiger partial charge in [-0.05, 0) is 25.2 Å². The van der Waals surface area contributed by atoms with Crippen molar-refractivity contribution in [1.82, 2.24) is 0 Å². The molecule has 1 heterocycles. The molecule has 5 heteroatoms. The Kier molecular flexibility index (Phi) is 4.81. The Morgan fingerprint density at radius 3 is 2.71 bits per heavy atom. The average molecular weight is 251 g/mol. The van der Waals surface area contributed by atoms with Crippen LogP contribution in [0.5, 0.6) is 5.75 Å². The highest BCUT2D eigenvalue weighted by atomic mass is 32.1. The maximum atomic E-state index is 10.8. The lowest BCUT2D eigenvalue weighted by molar-refractivity contribution is -0.131. The number of esters is 1. The molecular formula is C12H13NO3S. The Hall–Kier alpha value is -1.72. The van der Waals surface area contributed by atoms with Crippen LogP contribution in [0.2, 0.25) is 0 Å². The molecule has 0 saturated heterocycles. The molecule has 0 bridgehead atoms. The van der Waals surface area contributed by atoms with Crippen molar-refractivity contribution in [2.75, 3.05) is 7.05 Å². The molecule has 0 aliphatic rings. The smallest absolute Gasteiger partial charge is 0.308 e. The van der Waals surface area contributed by atoms with Gasteiger partial charge in [0.05, 0.1) is 0 Å². The van der Waals surface area contributed by atoms with Crippen molar-refractivity contribution >= 4 is 33.7 Å². The Bertz CT molecular complexity index is 534. The molecule has 2 N–H and O–H groups in total. The molecule has 2 aromatic rings. The summed E-state index contributed by atoms with van der Waals surface area (Å²) in [6.07, 6.45) is 0.802. The second-order valence-corrected chi connectivity index (χ2v) is 3.97. The van der Waals surface area contributed by atoms with Crippen LogP contribution in [0, 0.1) is 0 Å². The minimum absolute atomic E-state index is 0.364.